The van der Waals surface area contributed by atoms with Crippen LogP contribution in [-0.2, 0) is 4.79 Å². The maximum Gasteiger partial charge on any atom is 0.242 e. The van der Waals surface area contributed by atoms with Gasteiger partial charge in [-0.2, -0.15) is 0 Å². The molecular formula is C13H25ClN2O. The van der Waals surface area contributed by atoms with Crippen LogP contribution in [0, 0.1) is 5.92 Å². The lowest BCUT2D eigenvalue weighted by Gasteiger charge is -2.37. The summed E-state index contributed by atoms with van der Waals surface area (Å²) >= 11 is 0. The SMILES string of the molecule is CCC1CCCN(C(=O)C2(N)CCCC2)C1.Cl. The first kappa shape index (κ1) is 14.8. The van der Waals surface area contributed by atoms with Crippen molar-refractivity contribution in [1.29, 1.82) is 0 Å². The van der Waals surface area contributed by atoms with Gasteiger partial charge in [0.2, 0.25) is 5.91 Å². The zero-order valence-electron chi connectivity index (χ0n) is 10.8. The highest BCUT2D eigenvalue weighted by Crippen LogP contribution is 2.30. The Morgan fingerprint density at radius 2 is 2.00 bits per heavy atom. The van der Waals surface area contributed by atoms with Gasteiger partial charge in [-0.05, 0) is 31.6 Å². The summed E-state index contributed by atoms with van der Waals surface area (Å²) < 4.78 is 0. The van der Waals surface area contributed by atoms with Crippen LogP contribution >= 0.6 is 12.4 Å². The van der Waals surface area contributed by atoms with Crippen molar-refractivity contribution >= 4 is 18.3 Å². The van der Waals surface area contributed by atoms with E-state index in [4.69, 9.17) is 5.73 Å². The van der Waals surface area contributed by atoms with Gasteiger partial charge in [0.05, 0.1) is 5.54 Å². The summed E-state index contributed by atoms with van der Waals surface area (Å²) in [5.41, 5.74) is 5.71. The van der Waals surface area contributed by atoms with E-state index in [0.717, 1.165) is 45.2 Å². The number of nitrogens with zero attached hydrogens (tertiary/aromatic N) is 1. The standard InChI is InChI=1S/C13H24N2O.ClH/c1-2-11-6-5-9-15(10-11)12(16)13(14)7-3-4-8-13;/h11H,2-10,14H2,1H3;1H. The van der Waals surface area contributed by atoms with Crippen LogP contribution in [0.2, 0.25) is 0 Å². The molecule has 17 heavy (non-hydrogen) atoms. The van der Waals surface area contributed by atoms with Crippen LogP contribution in [0.15, 0.2) is 0 Å². The summed E-state index contributed by atoms with van der Waals surface area (Å²) in [7, 11) is 0. The highest BCUT2D eigenvalue weighted by atomic mass is 35.5. The monoisotopic (exact) mass is 260 g/mol. The molecule has 2 fully saturated rings. The fourth-order valence-corrected chi connectivity index (χ4v) is 3.12. The Morgan fingerprint density at radius 1 is 1.35 bits per heavy atom. The third-order valence-corrected chi connectivity index (χ3v) is 4.31. The number of hydrogen-bond donors (Lipinski definition) is 1. The van der Waals surface area contributed by atoms with Crippen LogP contribution in [0.4, 0.5) is 0 Å². The minimum absolute atomic E-state index is 0. The normalized spacial score (nSPS) is 27.6. The fourth-order valence-electron chi connectivity index (χ4n) is 3.12. The van der Waals surface area contributed by atoms with Crippen LogP contribution < -0.4 is 5.73 Å². The lowest BCUT2D eigenvalue weighted by atomic mass is 9.91. The van der Waals surface area contributed by atoms with Crippen molar-refractivity contribution in [1.82, 2.24) is 4.90 Å². The number of hydrogen-bond acceptors (Lipinski definition) is 2. The molecule has 1 aliphatic heterocycles. The molecule has 1 unspecified atom stereocenters. The number of nitrogens with two attached hydrogens (primary N) is 1. The van der Waals surface area contributed by atoms with Crippen LogP contribution in [0.3, 0.4) is 0 Å². The smallest absolute Gasteiger partial charge is 0.242 e. The van der Waals surface area contributed by atoms with Gasteiger partial charge in [-0.1, -0.05) is 26.2 Å². The summed E-state index contributed by atoms with van der Waals surface area (Å²) in [6.07, 6.45) is 7.62. The molecule has 1 aliphatic carbocycles. The summed E-state index contributed by atoms with van der Waals surface area (Å²) in [6.45, 7) is 4.08. The van der Waals surface area contributed by atoms with E-state index in [1.165, 1.54) is 12.8 Å². The van der Waals surface area contributed by atoms with E-state index in [1.807, 2.05) is 4.90 Å². The Bertz CT molecular complexity index is 264. The summed E-state index contributed by atoms with van der Waals surface area (Å²) in [5, 5.41) is 0. The molecule has 0 spiro atoms. The first-order valence-corrected chi connectivity index (χ1v) is 6.74. The van der Waals surface area contributed by atoms with Gasteiger partial charge in [-0.3, -0.25) is 4.79 Å². The quantitative estimate of drug-likeness (QED) is 0.828. The molecule has 4 heteroatoms. The minimum Gasteiger partial charge on any atom is -0.341 e. The Kier molecular flexibility index (Phi) is 5.26. The molecule has 1 heterocycles. The number of halogens is 1. The van der Waals surface area contributed by atoms with Gasteiger partial charge in [-0.15, -0.1) is 12.4 Å². The molecule has 1 amide bonds. The predicted octanol–water partition coefficient (Wildman–Crippen LogP) is 2.33. The van der Waals surface area contributed by atoms with E-state index >= 15 is 0 Å². The van der Waals surface area contributed by atoms with E-state index in [-0.39, 0.29) is 18.3 Å². The fraction of sp³-hybridized carbons (Fsp3) is 0.923. The molecule has 1 saturated heterocycles. The highest BCUT2D eigenvalue weighted by molar-refractivity contribution is 5.86. The van der Waals surface area contributed by atoms with Crippen LogP contribution in [0.25, 0.3) is 0 Å². The van der Waals surface area contributed by atoms with Gasteiger partial charge in [0, 0.05) is 13.1 Å². The van der Waals surface area contributed by atoms with Gasteiger partial charge < -0.3 is 10.6 Å². The lowest BCUT2D eigenvalue weighted by Crippen LogP contribution is -2.55. The van der Waals surface area contributed by atoms with Crippen molar-refractivity contribution in [2.75, 3.05) is 13.1 Å². The Labute approximate surface area is 111 Å². The molecule has 0 aromatic rings. The molecule has 1 saturated carbocycles. The van der Waals surface area contributed by atoms with Crippen molar-refractivity contribution in [3.63, 3.8) is 0 Å². The molecule has 2 N–H and O–H groups in total. The molecule has 0 aromatic carbocycles. The number of piperidine rings is 1. The predicted molar refractivity (Wildman–Crippen MR) is 72.2 cm³/mol. The Hall–Kier alpha value is -0.280. The van der Waals surface area contributed by atoms with Crippen molar-refractivity contribution < 1.29 is 4.79 Å². The van der Waals surface area contributed by atoms with E-state index in [2.05, 4.69) is 6.92 Å². The first-order chi connectivity index (χ1) is 7.65. The zero-order chi connectivity index (χ0) is 11.6. The Balaban J connectivity index is 0.00000144. The molecule has 2 rings (SSSR count). The maximum atomic E-state index is 12.4. The molecule has 1 atom stereocenters. The summed E-state index contributed by atoms with van der Waals surface area (Å²) in [6, 6.07) is 0. The summed E-state index contributed by atoms with van der Waals surface area (Å²) in [5.74, 6) is 0.922. The minimum atomic E-state index is -0.518. The van der Waals surface area contributed by atoms with Crippen molar-refractivity contribution in [3.8, 4) is 0 Å². The van der Waals surface area contributed by atoms with Crippen molar-refractivity contribution in [2.24, 2.45) is 11.7 Å². The van der Waals surface area contributed by atoms with E-state index in [9.17, 15) is 4.79 Å². The van der Waals surface area contributed by atoms with Crippen LogP contribution in [0.5, 0.6) is 0 Å². The van der Waals surface area contributed by atoms with Crippen LogP contribution in [-0.4, -0.2) is 29.4 Å². The van der Waals surface area contributed by atoms with Gasteiger partial charge in [0.1, 0.15) is 0 Å². The number of rotatable bonds is 2. The third kappa shape index (κ3) is 3.14. The van der Waals surface area contributed by atoms with Gasteiger partial charge in [0.25, 0.3) is 0 Å². The topological polar surface area (TPSA) is 46.3 Å². The molecule has 2 aliphatic rings. The van der Waals surface area contributed by atoms with E-state index in [0.29, 0.717) is 5.92 Å². The maximum absolute atomic E-state index is 12.4. The zero-order valence-corrected chi connectivity index (χ0v) is 11.6. The highest BCUT2D eigenvalue weighted by Gasteiger charge is 2.40. The molecule has 0 bridgehead atoms. The van der Waals surface area contributed by atoms with Crippen molar-refractivity contribution in [2.45, 2.75) is 57.4 Å². The van der Waals surface area contributed by atoms with Gasteiger partial charge >= 0.3 is 0 Å². The average Bonchev–Trinajstić information content (AvgIpc) is 2.76. The second-order valence-corrected chi connectivity index (χ2v) is 5.53. The van der Waals surface area contributed by atoms with Gasteiger partial charge in [-0.25, -0.2) is 0 Å². The van der Waals surface area contributed by atoms with Crippen LogP contribution in [0.1, 0.15) is 51.9 Å². The number of carbonyl (C=O) groups excluding carboxylic acids is 1. The first-order valence-electron chi connectivity index (χ1n) is 6.74. The summed E-state index contributed by atoms with van der Waals surface area (Å²) in [4.78, 5) is 14.4. The number of amides is 1. The van der Waals surface area contributed by atoms with E-state index in [1.54, 1.807) is 0 Å². The molecule has 3 nitrogen and oxygen atoms in total. The number of carbonyl (C=O) groups is 1. The second-order valence-electron chi connectivity index (χ2n) is 5.53. The molecule has 0 radical (unpaired) electrons. The largest absolute Gasteiger partial charge is 0.341 e. The number of likely N-dealkylation sites (tertiary alicyclic amines) is 1. The molecule has 100 valence electrons. The molecular weight excluding hydrogens is 236 g/mol. The lowest BCUT2D eigenvalue weighted by molar-refractivity contribution is -0.138. The van der Waals surface area contributed by atoms with Crippen molar-refractivity contribution in [3.05, 3.63) is 0 Å². The average molecular weight is 261 g/mol. The Morgan fingerprint density at radius 3 is 2.59 bits per heavy atom. The van der Waals surface area contributed by atoms with E-state index < -0.39 is 5.54 Å². The second kappa shape index (κ2) is 6.05. The third-order valence-electron chi connectivity index (χ3n) is 4.31. The molecule has 0 aromatic heterocycles. The van der Waals surface area contributed by atoms with Gasteiger partial charge in [0.15, 0.2) is 0 Å².